The van der Waals surface area contributed by atoms with Crippen LogP contribution in [0.4, 0.5) is 10.2 Å². The minimum Gasteiger partial charge on any atom is -0.309 e. The molecule has 1 amide bonds. The van der Waals surface area contributed by atoms with Crippen LogP contribution in [0.5, 0.6) is 0 Å². The number of rotatable bonds is 6. The molecule has 168 valence electrons. The van der Waals surface area contributed by atoms with Gasteiger partial charge in [0.25, 0.3) is 0 Å². The lowest BCUT2D eigenvalue weighted by atomic mass is 9.97. The lowest BCUT2D eigenvalue weighted by Crippen LogP contribution is -2.41. The van der Waals surface area contributed by atoms with E-state index in [9.17, 15) is 17.6 Å². The van der Waals surface area contributed by atoms with Crippen molar-refractivity contribution in [3.05, 3.63) is 77.7 Å². The molecule has 1 N–H and O–H groups in total. The van der Waals surface area contributed by atoms with E-state index in [4.69, 9.17) is 0 Å². The molecule has 0 atom stereocenters. The minimum atomic E-state index is -3.55. The number of amides is 1. The molecule has 0 radical (unpaired) electrons. The maximum atomic E-state index is 13.9. The summed E-state index contributed by atoms with van der Waals surface area (Å²) in [6, 6.07) is 16.6. The van der Waals surface area contributed by atoms with E-state index in [1.807, 2.05) is 6.92 Å². The molecule has 0 bridgehead atoms. The van der Waals surface area contributed by atoms with Crippen molar-refractivity contribution < 1.29 is 17.6 Å². The Balaban J connectivity index is 1.36. The second-order valence-corrected chi connectivity index (χ2v) is 9.84. The number of hydrogen-bond donors (Lipinski definition) is 1. The van der Waals surface area contributed by atoms with Gasteiger partial charge < -0.3 is 5.32 Å². The summed E-state index contributed by atoms with van der Waals surface area (Å²) in [6.07, 6.45) is 0.875. The van der Waals surface area contributed by atoms with Crippen LogP contribution >= 0.6 is 0 Å². The molecule has 1 fully saturated rings. The van der Waals surface area contributed by atoms with Crippen LogP contribution in [0.25, 0.3) is 0 Å². The predicted octanol–water partition coefficient (Wildman–Crippen LogP) is 3.42. The van der Waals surface area contributed by atoms with Gasteiger partial charge in [0, 0.05) is 36.3 Å². The number of anilines is 1. The third-order valence-electron chi connectivity index (χ3n) is 5.72. The Hall–Kier alpha value is -3.04. The second kappa shape index (κ2) is 9.22. The molecule has 1 aliphatic rings. The normalized spacial score (nSPS) is 15.6. The van der Waals surface area contributed by atoms with E-state index < -0.39 is 10.0 Å². The molecule has 1 aliphatic heterocycles. The molecule has 3 aromatic rings. The summed E-state index contributed by atoms with van der Waals surface area (Å²) >= 11 is 0. The number of benzene rings is 2. The quantitative estimate of drug-likeness (QED) is 0.616. The van der Waals surface area contributed by atoms with Crippen molar-refractivity contribution in [2.24, 2.45) is 5.92 Å². The molecule has 0 aliphatic carbocycles. The van der Waals surface area contributed by atoms with Gasteiger partial charge in [-0.25, -0.2) is 12.8 Å². The highest BCUT2D eigenvalue weighted by atomic mass is 32.2. The number of halogens is 1. The van der Waals surface area contributed by atoms with Crippen molar-refractivity contribution in [1.29, 1.82) is 0 Å². The highest BCUT2D eigenvalue weighted by Gasteiger charge is 2.32. The maximum absolute atomic E-state index is 13.9. The van der Waals surface area contributed by atoms with E-state index >= 15 is 0 Å². The summed E-state index contributed by atoms with van der Waals surface area (Å²) in [6.45, 7) is 2.69. The summed E-state index contributed by atoms with van der Waals surface area (Å²) in [5, 5.41) is 7.21. The second-order valence-electron chi connectivity index (χ2n) is 7.90. The molecule has 7 nitrogen and oxygen atoms in total. The van der Waals surface area contributed by atoms with Crippen LogP contribution < -0.4 is 5.32 Å². The van der Waals surface area contributed by atoms with Crippen molar-refractivity contribution in [3.63, 3.8) is 0 Å². The van der Waals surface area contributed by atoms with Crippen molar-refractivity contribution in [2.75, 3.05) is 18.4 Å². The van der Waals surface area contributed by atoms with Crippen LogP contribution in [0.2, 0.25) is 0 Å². The minimum absolute atomic E-state index is 0.183. The van der Waals surface area contributed by atoms with Gasteiger partial charge in [-0.05, 0) is 38.0 Å². The highest BCUT2D eigenvalue weighted by Crippen LogP contribution is 2.25. The zero-order valence-electron chi connectivity index (χ0n) is 17.7. The van der Waals surface area contributed by atoms with Gasteiger partial charge in [-0.1, -0.05) is 36.4 Å². The number of piperidine rings is 1. The monoisotopic (exact) mass is 456 g/mol. The Bertz CT molecular complexity index is 1200. The van der Waals surface area contributed by atoms with Crippen LogP contribution in [0, 0.1) is 18.7 Å². The van der Waals surface area contributed by atoms with Crippen molar-refractivity contribution in [3.8, 4) is 0 Å². The SMILES string of the molecule is Cc1cc(NC(=O)C2CCN(S(=O)(=O)c3ccccc3)CC2)nn1Cc1ccccc1F. The third kappa shape index (κ3) is 4.73. The molecule has 0 spiro atoms. The van der Waals surface area contributed by atoms with Gasteiger partial charge in [0.2, 0.25) is 15.9 Å². The zero-order valence-corrected chi connectivity index (χ0v) is 18.6. The molecule has 32 heavy (non-hydrogen) atoms. The molecule has 1 saturated heterocycles. The van der Waals surface area contributed by atoms with Gasteiger partial charge in [0.05, 0.1) is 11.4 Å². The number of carbonyl (C=O) groups excluding carboxylic acids is 1. The standard InChI is InChI=1S/C23H25FN4O3S/c1-17-15-22(26-28(17)16-19-7-5-6-10-21(19)24)25-23(29)18-11-13-27(14-12-18)32(30,31)20-8-3-2-4-9-20/h2-10,15,18H,11-14,16H2,1H3,(H,25,26,29). The summed E-state index contributed by atoms with van der Waals surface area (Å²) in [4.78, 5) is 13.0. The Labute approximate surface area is 186 Å². The molecular weight excluding hydrogens is 431 g/mol. The van der Waals surface area contributed by atoms with Crippen LogP contribution in [0.3, 0.4) is 0 Å². The van der Waals surface area contributed by atoms with E-state index in [1.54, 1.807) is 59.3 Å². The van der Waals surface area contributed by atoms with Gasteiger partial charge in [-0.2, -0.15) is 9.40 Å². The van der Waals surface area contributed by atoms with Crippen LogP contribution in [-0.2, 0) is 21.4 Å². The van der Waals surface area contributed by atoms with E-state index in [1.165, 1.54) is 10.4 Å². The Morgan fingerprint density at radius 2 is 1.75 bits per heavy atom. The van der Waals surface area contributed by atoms with Crippen molar-refractivity contribution in [2.45, 2.75) is 31.2 Å². The molecule has 0 unspecified atom stereocenters. The van der Waals surface area contributed by atoms with Gasteiger partial charge in [-0.3, -0.25) is 9.48 Å². The average molecular weight is 457 g/mol. The maximum Gasteiger partial charge on any atom is 0.243 e. The topological polar surface area (TPSA) is 84.3 Å². The number of nitrogens with one attached hydrogen (secondary N) is 1. The number of nitrogens with zero attached hydrogens (tertiary/aromatic N) is 3. The van der Waals surface area contributed by atoms with Crippen LogP contribution in [0.1, 0.15) is 24.1 Å². The molecule has 1 aromatic heterocycles. The molecule has 9 heteroatoms. The van der Waals surface area contributed by atoms with Gasteiger partial charge in [-0.15, -0.1) is 0 Å². The first kappa shape index (κ1) is 22.2. The van der Waals surface area contributed by atoms with Crippen molar-refractivity contribution >= 4 is 21.7 Å². The summed E-state index contributed by atoms with van der Waals surface area (Å²) in [5.41, 5.74) is 1.32. The van der Waals surface area contributed by atoms with E-state index in [2.05, 4.69) is 10.4 Å². The van der Waals surface area contributed by atoms with Gasteiger partial charge >= 0.3 is 0 Å². The first-order chi connectivity index (χ1) is 15.3. The third-order valence-corrected chi connectivity index (χ3v) is 7.63. The smallest absolute Gasteiger partial charge is 0.243 e. The highest BCUT2D eigenvalue weighted by molar-refractivity contribution is 7.89. The molecule has 2 heterocycles. The Morgan fingerprint density at radius 3 is 2.44 bits per heavy atom. The first-order valence-electron chi connectivity index (χ1n) is 10.5. The number of sulfonamides is 1. The van der Waals surface area contributed by atoms with Crippen LogP contribution in [0.15, 0.2) is 65.6 Å². The Kier molecular flexibility index (Phi) is 6.38. The number of carbonyl (C=O) groups is 1. The molecule has 0 saturated carbocycles. The summed E-state index contributed by atoms with van der Waals surface area (Å²) in [5.74, 6) is -0.375. The number of hydrogen-bond acceptors (Lipinski definition) is 4. The lowest BCUT2D eigenvalue weighted by Gasteiger charge is -2.30. The summed E-state index contributed by atoms with van der Waals surface area (Å²) in [7, 11) is -3.55. The molecule has 2 aromatic carbocycles. The van der Waals surface area contributed by atoms with Gasteiger partial charge in [0.15, 0.2) is 5.82 Å². The van der Waals surface area contributed by atoms with Crippen molar-refractivity contribution in [1.82, 2.24) is 14.1 Å². The van der Waals surface area contributed by atoms with E-state index in [-0.39, 0.29) is 42.2 Å². The van der Waals surface area contributed by atoms with Gasteiger partial charge in [0.1, 0.15) is 5.82 Å². The Morgan fingerprint density at radius 1 is 1.09 bits per heavy atom. The fourth-order valence-electron chi connectivity index (χ4n) is 3.85. The largest absolute Gasteiger partial charge is 0.309 e. The predicted molar refractivity (Wildman–Crippen MR) is 119 cm³/mol. The first-order valence-corrected chi connectivity index (χ1v) is 11.9. The number of aromatic nitrogens is 2. The average Bonchev–Trinajstić information content (AvgIpc) is 3.14. The molecule has 4 rings (SSSR count). The van der Waals surface area contributed by atoms with E-state index in [0.717, 1.165) is 5.69 Å². The fraction of sp³-hybridized carbons (Fsp3) is 0.304. The van der Waals surface area contributed by atoms with Crippen LogP contribution in [-0.4, -0.2) is 41.5 Å². The summed E-state index contributed by atoms with van der Waals surface area (Å²) < 4.78 is 42.5. The molecular formula is C23H25FN4O3S. The zero-order chi connectivity index (χ0) is 22.7. The lowest BCUT2D eigenvalue weighted by molar-refractivity contribution is -0.120. The number of aryl methyl sites for hydroxylation is 1. The van der Waals surface area contributed by atoms with E-state index in [0.29, 0.717) is 24.2 Å². The fourth-order valence-corrected chi connectivity index (χ4v) is 5.34.